The molecule has 0 fully saturated rings. The average Bonchev–Trinajstić information content (AvgIpc) is 2.59. The minimum absolute atomic E-state index is 0.319. The first-order valence-corrected chi connectivity index (χ1v) is 10.0. The zero-order valence-corrected chi connectivity index (χ0v) is 18.0. The maximum atomic E-state index is 5.88. The van der Waals surface area contributed by atoms with Crippen molar-refractivity contribution in [3.8, 4) is 0 Å². The van der Waals surface area contributed by atoms with E-state index < -0.39 is 0 Å². The summed E-state index contributed by atoms with van der Waals surface area (Å²) in [5.41, 5.74) is 6.70. The van der Waals surface area contributed by atoms with Crippen LogP contribution in [0.5, 0.6) is 0 Å². The first kappa shape index (κ1) is 21.8. The lowest BCUT2D eigenvalue weighted by Gasteiger charge is -2.18. The Morgan fingerprint density at radius 3 is 1.89 bits per heavy atom. The van der Waals surface area contributed by atoms with Gasteiger partial charge in [-0.05, 0) is 36.6 Å². The summed E-state index contributed by atoms with van der Waals surface area (Å²) in [7, 11) is 1.88. The number of pyridine rings is 2. The van der Waals surface area contributed by atoms with E-state index in [9.17, 15) is 0 Å². The van der Waals surface area contributed by atoms with Gasteiger partial charge in [0.15, 0.2) is 5.16 Å². The third kappa shape index (κ3) is 6.86. The number of aromatic nitrogens is 4. The summed E-state index contributed by atoms with van der Waals surface area (Å²) < 4.78 is 0. The second-order valence-electron chi connectivity index (χ2n) is 4.98. The van der Waals surface area contributed by atoms with Crippen molar-refractivity contribution < 1.29 is 0 Å². The van der Waals surface area contributed by atoms with Gasteiger partial charge in [-0.1, -0.05) is 58.2 Å². The number of rotatable bonds is 3. The number of nitrogen functional groups attached to an aromatic ring is 1. The lowest BCUT2D eigenvalue weighted by Crippen LogP contribution is -2.12. The summed E-state index contributed by atoms with van der Waals surface area (Å²) in [5.74, 6) is 0.771. The molecule has 0 bridgehead atoms. The average molecular weight is 464 g/mol. The maximum absolute atomic E-state index is 5.88. The van der Waals surface area contributed by atoms with Crippen molar-refractivity contribution in [2.24, 2.45) is 0 Å². The van der Waals surface area contributed by atoms with Gasteiger partial charge in [0, 0.05) is 24.6 Å². The molecule has 2 N–H and O–H groups in total. The molecule has 11 heteroatoms. The Morgan fingerprint density at radius 1 is 0.889 bits per heavy atom. The summed E-state index contributed by atoms with van der Waals surface area (Å²) >= 11 is 24.2. The molecule has 0 aromatic carbocycles. The molecular weight excluding hydrogens is 450 g/mol. The molecule has 0 aliphatic heterocycles. The Bertz CT molecular complexity index is 856. The van der Waals surface area contributed by atoms with Crippen LogP contribution in [0, 0.1) is 0 Å². The van der Waals surface area contributed by atoms with Crippen molar-refractivity contribution in [2.45, 2.75) is 5.16 Å². The summed E-state index contributed by atoms with van der Waals surface area (Å²) in [6, 6.07) is 8.35. The number of halogens is 4. The number of nitrogens with two attached hydrogens (primary N) is 1. The smallest absolute Gasteiger partial charge is 0.189 e. The molecule has 0 amide bonds. The Balaban J connectivity index is 0.000000244. The van der Waals surface area contributed by atoms with Crippen LogP contribution in [0.4, 0.5) is 17.2 Å². The van der Waals surface area contributed by atoms with Crippen LogP contribution in [0.2, 0.25) is 20.6 Å². The zero-order valence-electron chi connectivity index (χ0n) is 14.2. The number of thioether (sulfide) groups is 1. The molecule has 3 aromatic heterocycles. The number of hydrogen-bond donors (Lipinski definition) is 1. The molecule has 0 aliphatic carbocycles. The van der Waals surface area contributed by atoms with E-state index in [4.69, 9.17) is 52.1 Å². The summed E-state index contributed by atoms with van der Waals surface area (Å²) in [5, 5.41) is 2.05. The Hall–Kier alpha value is -1.51. The Kier molecular flexibility index (Phi) is 8.19. The van der Waals surface area contributed by atoms with Gasteiger partial charge in [0.25, 0.3) is 0 Å². The highest BCUT2D eigenvalue weighted by Crippen LogP contribution is 2.27. The first-order valence-electron chi connectivity index (χ1n) is 7.31. The summed E-state index contributed by atoms with van der Waals surface area (Å²) in [6.07, 6.45) is 3.65. The van der Waals surface area contributed by atoms with Gasteiger partial charge in [-0.15, -0.1) is 0 Å². The van der Waals surface area contributed by atoms with Crippen LogP contribution in [-0.2, 0) is 0 Å². The van der Waals surface area contributed by atoms with Crippen molar-refractivity contribution >= 4 is 75.4 Å². The van der Waals surface area contributed by atoms with Crippen molar-refractivity contribution in [1.29, 1.82) is 0 Å². The van der Waals surface area contributed by atoms with Crippen LogP contribution < -0.4 is 10.6 Å². The van der Waals surface area contributed by atoms with E-state index in [2.05, 4.69) is 19.9 Å². The lowest BCUT2D eigenvalue weighted by molar-refractivity contribution is 0.945. The molecule has 3 aromatic rings. The molecule has 0 radical (unpaired) electrons. The second-order valence-corrected chi connectivity index (χ2v) is 7.30. The van der Waals surface area contributed by atoms with Gasteiger partial charge >= 0.3 is 0 Å². The fourth-order valence-electron chi connectivity index (χ4n) is 1.88. The van der Waals surface area contributed by atoms with Gasteiger partial charge in [-0.3, -0.25) is 0 Å². The van der Waals surface area contributed by atoms with Crippen molar-refractivity contribution in [3.63, 3.8) is 0 Å². The van der Waals surface area contributed by atoms with Gasteiger partial charge in [-0.2, -0.15) is 0 Å². The van der Waals surface area contributed by atoms with Crippen LogP contribution in [0.3, 0.4) is 0 Å². The van der Waals surface area contributed by atoms with E-state index in [1.807, 2.05) is 24.3 Å². The predicted octanol–water partition coefficient (Wildman–Crippen LogP) is 5.64. The quantitative estimate of drug-likeness (QED) is 0.305. The fraction of sp³-hybridized carbons (Fsp3) is 0.125. The highest BCUT2D eigenvalue weighted by molar-refractivity contribution is 7.98. The van der Waals surface area contributed by atoms with Crippen LogP contribution in [-0.4, -0.2) is 33.2 Å². The monoisotopic (exact) mass is 462 g/mol. The molecule has 142 valence electrons. The normalized spacial score (nSPS) is 10.1. The largest absolute Gasteiger partial charge is 0.399 e. The van der Waals surface area contributed by atoms with E-state index in [1.165, 1.54) is 23.9 Å². The maximum Gasteiger partial charge on any atom is 0.189 e. The number of anilines is 3. The summed E-state index contributed by atoms with van der Waals surface area (Å²) in [4.78, 5) is 18.0. The van der Waals surface area contributed by atoms with Crippen LogP contribution >= 0.6 is 58.2 Å². The van der Waals surface area contributed by atoms with Crippen LogP contribution in [0.25, 0.3) is 0 Å². The fourth-order valence-corrected chi connectivity index (χ4v) is 3.16. The first-order chi connectivity index (χ1) is 12.8. The minimum Gasteiger partial charge on any atom is -0.399 e. The molecule has 6 nitrogen and oxygen atoms in total. The topological polar surface area (TPSA) is 80.8 Å². The van der Waals surface area contributed by atoms with Gasteiger partial charge in [0.1, 0.15) is 26.4 Å². The van der Waals surface area contributed by atoms with Crippen LogP contribution in [0.1, 0.15) is 0 Å². The van der Waals surface area contributed by atoms with E-state index in [-0.39, 0.29) is 0 Å². The molecule has 0 saturated heterocycles. The molecule has 0 aliphatic rings. The Morgan fingerprint density at radius 2 is 1.41 bits per heavy atom. The van der Waals surface area contributed by atoms with Gasteiger partial charge in [0.05, 0.1) is 0 Å². The predicted molar refractivity (Wildman–Crippen MR) is 115 cm³/mol. The highest BCUT2D eigenvalue weighted by atomic mass is 35.5. The summed E-state index contributed by atoms with van der Waals surface area (Å²) in [6.45, 7) is 0. The molecule has 0 unspecified atom stereocenters. The van der Waals surface area contributed by atoms with Crippen molar-refractivity contribution in [2.75, 3.05) is 23.9 Å². The van der Waals surface area contributed by atoms with E-state index in [1.54, 1.807) is 18.3 Å². The lowest BCUT2D eigenvalue weighted by atomic mass is 10.3. The molecule has 0 spiro atoms. The van der Waals surface area contributed by atoms with Gasteiger partial charge in [0.2, 0.25) is 0 Å². The molecule has 0 saturated carbocycles. The van der Waals surface area contributed by atoms with E-state index >= 15 is 0 Å². The number of nitrogens with zero attached hydrogens (tertiary/aromatic N) is 5. The molecular formula is C16H14Cl4N6S. The zero-order chi connectivity index (χ0) is 20.0. The minimum atomic E-state index is 0.319. The number of hydrogen-bond acceptors (Lipinski definition) is 7. The molecule has 0 atom stereocenters. The van der Waals surface area contributed by atoms with E-state index in [0.717, 1.165) is 11.5 Å². The van der Waals surface area contributed by atoms with Crippen molar-refractivity contribution in [3.05, 3.63) is 57.1 Å². The Labute approximate surface area is 181 Å². The van der Waals surface area contributed by atoms with Crippen LogP contribution in [0.15, 0.2) is 41.7 Å². The second kappa shape index (κ2) is 10.1. The molecule has 3 heterocycles. The van der Waals surface area contributed by atoms with E-state index in [0.29, 0.717) is 31.5 Å². The standard InChI is InChI=1S/C11H10Cl2N4S.C5H4Cl2N2/c1-17(7-5-8(12)15-9(13)6-7)10-3-4-14-11(16-10)18-2;6-4-1-3(8)2-5(7)9-4/h3-6H,1-2H3;1-2H,(H2,8,9). The SMILES string of the molecule is CSc1nccc(N(C)c2cc(Cl)nc(Cl)c2)n1.Nc1cc(Cl)nc(Cl)c1. The highest BCUT2D eigenvalue weighted by Gasteiger charge is 2.09. The third-order valence-corrected chi connectivity index (χ3v) is 4.40. The van der Waals surface area contributed by atoms with Crippen molar-refractivity contribution in [1.82, 2.24) is 19.9 Å². The molecule has 3 rings (SSSR count). The van der Waals surface area contributed by atoms with Gasteiger partial charge in [-0.25, -0.2) is 19.9 Å². The molecule has 27 heavy (non-hydrogen) atoms. The van der Waals surface area contributed by atoms with Gasteiger partial charge < -0.3 is 10.6 Å². The third-order valence-electron chi connectivity index (χ3n) is 3.07.